The van der Waals surface area contributed by atoms with E-state index < -0.39 is 18.0 Å². The van der Waals surface area contributed by atoms with Gasteiger partial charge in [0, 0.05) is 14.1 Å². The van der Waals surface area contributed by atoms with Crippen molar-refractivity contribution in [2.75, 3.05) is 21.2 Å². The number of carbonyl (C=O) groups excluding carboxylic acids is 3. The van der Waals surface area contributed by atoms with Gasteiger partial charge in [-0.1, -0.05) is 12.1 Å². The van der Waals surface area contributed by atoms with Crippen molar-refractivity contribution in [3.63, 3.8) is 0 Å². The van der Waals surface area contributed by atoms with E-state index in [9.17, 15) is 14.4 Å². The van der Waals surface area contributed by atoms with Crippen molar-refractivity contribution in [1.29, 1.82) is 0 Å². The van der Waals surface area contributed by atoms with Crippen LogP contribution in [0.15, 0.2) is 24.3 Å². The number of hydrogen-bond donors (Lipinski definition) is 0. The van der Waals surface area contributed by atoms with Gasteiger partial charge in [-0.3, -0.25) is 4.79 Å². The van der Waals surface area contributed by atoms with E-state index in [4.69, 9.17) is 4.74 Å². The standard InChI is InChI=1S/C14H17NO5/c1-9(12(16)15(2)3)20-14(18)11-8-6-5-7-10(11)13(17)19-4/h5-9H,1-4H3. The van der Waals surface area contributed by atoms with Gasteiger partial charge in [-0.25, -0.2) is 9.59 Å². The van der Waals surface area contributed by atoms with Crippen LogP contribution >= 0.6 is 0 Å². The Hall–Kier alpha value is -2.37. The highest BCUT2D eigenvalue weighted by Gasteiger charge is 2.23. The molecule has 20 heavy (non-hydrogen) atoms. The Morgan fingerprint density at radius 2 is 1.55 bits per heavy atom. The van der Waals surface area contributed by atoms with Crippen LogP contribution in [0.4, 0.5) is 0 Å². The first kappa shape index (κ1) is 15.7. The molecule has 0 bridgehead atoms. The molecule has 0 aliphatic heterocycles. The molecule has 0 heterocycles. The van der Waals surface area contributed by atoms with Crippen LogP contribution in [0.3, 0.4) is 0 Å². The number of carbonyl (C=O) groups is 3. The van der Waals surface area contributed by atoms with E-state index in [2.05, 4.69) is 4.74 Å². The summed E-state index contributed by atoms with van der Waals surface area (Å²) >= 11 is 0. The van der Waals surface area contributed by atoms with Crippen molar-refractivity contribution in [3.05, 3.63) is 35.4 Å². The average Bonchev–Trinajstić information content (AvgIpc) is 2.45. The van der Waals surface area contributed by atoms with Gasteiger partial charge in [0.1, 0.15) is 0 Å². The molecule has 6 nitrogen and oxygen atoms in total. The predicted molar refractivity (Wildman–Crippen MR) is 71.4 cm³/mol. The molecule has 108 valence electrons. The fraction of sp³-hybridized carbons (Fsp3) is 0.357. The fourth-order valence-corrected chi connectivity index (χ4v) is 1.59. The predicted octanol–water partition coefficient (Wildman–Crippen LogP) is 1.11. The van der Waals surface area contributed by atoms with Gasteiger partial charge in [-0.2, -0.15) is 0 Å². The zero-order valence-electron chi connectivity index (χ0n) is 11.9. The minimum Gasteiger partial charge on any atom is -0.465 e. The SMILES string of the molecule is COC(=O)c1ccccc1C(=O)OC(C)C(=O)N(C)C. The number of benzene rings is 1. The minimum absolute atomic E-state index is 0.0674. The molecule has 0 N–H and O–H groups in total. The van der Waals surface area contributed by atoms with Crippen molar-refractivity contribution in [3.8, 4) is 0 Å². The molecule has 0 aromatic heterocycles. The average molecular weight is 279 g/mol. The molecule has 1 amide bonds. The van der Waals surface area contributed by atoms with E-state index >= 15 is 0 Å². The van der Waals surface area contributed by atoms with Crippen LogP contribution in [0.1, 0.15) is 27.6 Å². The van der Waals surface area contributed by atoms with Gasteiger partial charge in [-0.05, 0) is 19.1 Å². The molecule has 1 unspecified atom stereocenters. The van der Waals surface area contributed by atoms with Crippen LogP contribution in [0.2, 0.25) is 0 Å². The second-order valence-corrected chi connectivity index (χ2v) is 4.32. The van der Waals surface area contributed by atoms with E-state index in [-0.39, 0.29) is 17.0 Å². The third kappa shape index (κ3) is 3.57. The summed E-state index contributed by atoms with van der Waals surface area (Å²) in [5, 5.41) is 0. The van der Waals surface area contributed by atoms with Crippen LogP contribution in [-0.4, -0.2) is 50.1 Å². The summed E-state index contributed by atoms with van der Waals surface area (Å²) in [4.78, 5) is 36.5. The molecular weight excluding hydrogens is 262 g/mol. The summed E-state index contributed by atoms with van der Waals surface area (Å²) in [7, 11) is 4.35. The van der Waals surface area contributed by atoms with Crippen LogP contribution in [0.25, 0.3) is 0 Å². The van der Waals surface area contributed by atoms with Crippen LogP contribution in [-0.2, 0) is 14.3 Å². The van der Waals surface area contributed by atoms with E-state index in [1.165, 1.54) is 31.1 Å². The molecular formula is C14H17NO5. The number of rotatable bonds is 4. The van der Waals surface area contributed by atoms with Gasteiger partial charge in [0.15, 0.2) is 6.10 Å². The third-order valence-corrected chi connectivity index (χ3v) is 2.62. The lowest BCUT2D eigenvalue weighted by Crippen LogP contribution is -2.35. The summed E-state index contributed by atoms with van der Waals surface area (Å²) in [6, 6.07) is 6.11. The molecule has 0 aliphatic carbocycles. The van der Waals surface area contributed by atoms with E-state index in [0.717, 1.165) is 0 Å². The Morgan fingerprint density at radius 1 is 1.05 bits per heavy atom. The first-order chi connectivity index (χ1) is 9.38. The first-order valence-electron chi connectivity index (χ1n) is 5.98. The van der Waals surface area contributed by atoms with Gasteiger partial charge in [0.05, 0.1) is 18.2 Å². The molecule has 0 saturated carbocycles. The quantitative estimate of drug-likeness (QED) is 0.772. The van der Waals surface area contributed by atoms with Crippen molar-refractivity contribution in [2.24, 2.45) is 0 Å². The Balaban J connectivity index is 2.93. The van der Waals surface area contributed by atoms with Crippen LogP contribution in [0.5, 0.6) is 0 Å². The number of esters is 2. The second kappa shape index (κ2) is 6.70. The third-order valence-electron chi connectivity index (χ3n) is 2.62. The zero-order valence-corrected chi connectivity index (χ0v) is 11.9. The monoisotopic (exact) mass is 279 g/mol. The molecule has 0 fully saturated rings. The van der Waals surface area contributed by atoms with Gasteiger partial charge < -0.3 is 14.4 Å². The normalized spacial score (nSPS) is 11.4. The molecule has 0 aliphatic rings. The maximum atomic E-state index is 12.0. The lowest BCUT2D eigenvalue weighted by atomic mass is 10.1. The molecule has 1 rings (SSSR count). The number of ether oxygens (including phenoxy) is 2. The zero-order chi connectivity index (χ0) is 15.3. The molecule has 0 radical (unpaired) electrons. The Bertz CT molecular complexity index is 524. The van der Waals surface area contributed by atoms with Crippen molar-refractivity contribution in [1.82, 2.24) is 4.90 Å². The molecule has 1 aromatic carbocycles. The first-order valence-corrected chi connectivity index (χ1v) is 5.98. The van der Waals surface area contributed by atoms with E-state index in [0.29, 0.717) is 0 Å². The number of amides is 1. The van der Waals surface area contributed by atoms with Gasteiger partial charge in [0.25, 0.3) is 5.91 Å². The molecule has 1 aromatic rings. The lowest BCUT2D eigenvalue weighted by molar-refractivity contribution is -0.137. The highest BCUT2D eigenvalue weighted by Crippen LogP contribution is 2.13. The topological polar surface area (TPSA) is 72.9 Å². The van der Waals surface area contributed by atoms with Crippen molar-refractivity contribution in [2.45, 2.75) is 13.0 Å². The number of nitrogens with zero attached hydrogens (tertiary/aromatic N) is 1. The van der Waals surface area contributed by atoms with E-state index in [1.807, 2.05) is 0 Å². The summed E-state index contributed by atoms with van der Waals surface area (Å²) in [5.41, 5.74) is 0.169. The van der Waals surface area contributed by atoms with Gasteiger partial charge in [-0.15, -0.1) is 0 Å². The maximum absolute atomic E-state index is 12.0. The maximum Gasteiger partial charge on any atom is 0.339 e. The smallest absolute Gasteiger partial charge is 0.339 e. The highest BCUT2D eigenvalue weighted by atomic mass is 16.5. The minimum atomic E-state index is -0.928. The van der Waals surface area contributed by atoms with Crippen molar-refractivity contribution < 1.29 is 23.9 Å². The molecule has 6 heteroatoms. The summed E-state index contributed by atoms with van der Waals surface area (Å²) in [5.74, 6) is -1.72. The highest BCUT2D eigenvalue weighted by molar-refractivity contribution is 6.03. The van der Waals surface area contributed by atoms with Gasteiger partial charge >= 0.3 is 11.9 Å². The van der Waals surface area contributed by atoms with Crippen LogP contribution < -0.4 is 0 Å². The second-order valence-electron chi connectivity index (χ2n) is 4.32. The molecule has 0 spiro atoms. The molecule has 0 saturated heterocycles. The van der Waals surface area contributed by atoms with Crippen LogP contribution in [0, 0.1) is 0 Å². The van der Waals surface area contributed by atoms with E-state index in [1.54, 1.807) is 26.2 Å². The number of likely N-dealkylation sites (N-methyl/N-ethyl adjacent to an activating group) is 1. The van der Waals surface area contributed by atoms with Crippen molar-refractivity contribution >= 4 is 17.8 Å². The Kier molecular flexibility index (Phi) is 5.25. The fourth-order valence-electron chi connectivity index (χ4n) is 1.59. The van der Waals surface area contributed by atoms with Gasteiger partial charge in [0.2, 0.25) is 0 Å². The Labute approximate surface area is 117 Å². The summed E-state index contributed by atoms with van der Waals surface area (Å²) in [6.45, 7) is 1.47. The Morgan fingerprint density at radius 3 is 2.00 bits per heavy atom. The summed E-state index contributed by atoms with van der Waals surface area (Å²) in [6.07, 6.45) is -0.928. The largest absolute Gasteiger partial charge is 0.465 e. The number of methoxy groups -OCH3 is 1. The summed E-state index contributed by atoms with van der Waals surface area (Å²) < 4.78 is 9.65. The molecule has 1 atom stereocenters. The lowest BCUT2D eigenvalue weighted by Gasteiger charge is -2.17. The number of hydrogen-bond acceptors (Lipinski definition) is 5.